The number of nitrogens with zero attached hydrogens (tertiary/aromatic N) is 3. The summed E-state index contributed by atoms with van der Waals surface area (Å²) in [5.41, 5.74) is 6.71. The number of likely N-dealkylation sites (tertiary alicyclic amines) is 1. The van der Waals surface area contributed by atoms with E-state index in [0.717, 1.165) is 58.3 Å². The molecule has 174 valence electrons. The molecule has 0 bridgehead atoms. The number of rotatable bonds is 5. The Hall–Kier alpha value is -3.56. The van der Waals surface area contributed by atoms with Gasteiger partial charge in [-0.3, -0.25) is 0 Å². The topological polar surface area (TPSA) is 21.1 Å². The number of fused-ring (bicyclic) bond motifs is 2. The van der Waals surface area contributed by atoms with Crippen LogP contribution in [0.5, 0.6) is 0 Å². The summed E-state index contributed by atoms with van der Waals surface area (Å²) in [4.78, 5) is 7.63. The third kappa shape index (κ3) is 4.21. The molecule has 6 rings (SSSR count). The molecule has 0 N–H and O–H groups in total. The van der Waals surface area contributed by atoms with Gasteiger partial charge in [0.05, 0.1) is 11.0 Å². The van der Waals surface area contributed by atoms with Crippen molar-refractivity contribution in [1.29, 1.82) is 0 Å². The second-order valence-electron chi connectivity index (χ2n) is 9.37. The van der Waals surface area contributed by atoms with Crippen LogP contribution in [-0.4, -0.2) is 27.5 Å². The molecular formula is C31H28ClN3. The number of halogens is 1. The van der Waals surface area contributed by atoms with Gasteiger partial charge in [-0.1, -0.05) is 78.8 Å². The fraction of sp³-hybridized carbons (Fsp3) is 0.194. The highest BCUT2D eigenvalue weighted by atomic mass is 35.5. The van der Waals surface area contributed by atoms with E-state index in [1.165, 1.54) is 35.6 Å². The minimum absolute atomic E-state index is 0.721. The molecule has 1 aromatic heterocycles. The molecule has 0 amide bonds. The van der Waals surface area contributed by atoms with Crippen molar-refractivity contribution in [2.75, 3.05) is 13.1 Å². The Kier molecular flexibility index (Phi) is 5.79. The summed E-state index contributed by atoms with van der Waals surface area (Å²) in [6, 6.07) is 29.7. The van der Waals surface area contributed by atoms with Crippen molar-refractivity contribution in [3.05, 3.63) is 108 Å². The van der Waals surface area contributed by atoms with Gasteiger partial charge in [0.25, 0.3) is 0 Å². The van der Waals surface area contributed by atoms with Gasteiger partial charge >= 0.3 is 0 Å². The van der Waals surface area contributed by atoms with Crippen LogP contribution in [0.4, 0.5) is 0 Å². The zero-order chi connectivity index (χ0) is 23.8. The predicted molar refractivity (Wildman–Crippen MR) is 148 cm³/mol. The fourth-order valence-electron chi connectivity index (χ4n) is 5.21. The van der Waals surface area contributed by atoms with E-state index in [-0.39, 0.29) is 0 Å². The maximum atomic E-state index is 6.16. The largest absolute Gasteiger partial charge is 0.372 e. The molecule has 2 heterocycles. The number of imidazole rings is 1. The van der Waals surface area contributed by atoms with Gasteiger partial charge in [-0.05, 0) is 65.4 Å². The lowest BCUT2D eigenvalue weighted by molar-refractivity contribution is 0.326. The first-order valence-corrected chi connectivity index (χ1v) is 12.7. The number of aromatic nitrogens is 2. The van der Waals surface area contributed by atoms with Gasteiger partial charge in [0, 0.05) is 35.9 Å². The Balaban J connectivity index is 1.50. The van der Waals surface area contributed by atoms with E-state index in [1.807, 2.05) is 12.1 Å². The average molecular weight is 478 g/mol. The van der Waals surface area contributed by atoms with E-state index in [0.29, 0.717) is 0 Å². The minimum atomic E-state index is 0.721. The van der Waals surface area contributed by atoms with Gasteiger partial charge in [-0.25, -0.2) is 4.98 Å². The minimum Gasteiger partial charge on any atom is -0.372 e. The SMILES string of the molecule is C=C(c1ccc2c(c1)nc(-c1cccc3ccccc13)n2Cc1ccc(Cl)cc1)N1CCCCC1. The zero-order valence-corrected chi connectivity index (χ0v) is 20.5. The van der Waals surface area contributed by atoms with E-state index in [2.05, 4.69) is 88.8 Å². The highest BCUT2D eigenvalue weighted by Crippen LogP contribution is 2.33. The lowest BCUT2D eigenvalue weighted by atomic mass is 10.0. The lowest BCUT2D eigenvalue weighted by Gasteiger charge is -2.30. The normalized spacial score (nSPS) is 14.0. The van der Waals surface area contributed by atoms with Gasteiger partial charge in [0.15, 0.2) is 0 Å². The van der Waals surface area contributed by atoms with E-state index in [9.17, 15) is 0 Å². The molecule has 1 saturated heterocycles. The van der Waals surface area contributed by atoms with Crippen LogP contribution in [0, 0.1) is 0 Å². The average Bonchev–Trinajstić information content (AvgIpc) is 3.27. The van der Waals surface area contributed by atoms with E-state index >= 15 is 0 Å². The first kappa shape index (κ1) is 21.9. The number of hydrogen-bond acceptors (Lipinski definition) is 2. The molecule has 0 aliphatic carbocycles. The van der Waals surface area contributed by atoms with Crippen molar-refractivity contribution < 1.29 is 0 Å². The van der Waals surface area contributed by atoms with Crippen molar-refractivity contribution in [3.63, 3.8) is 0 Å². The summed E-state index contributed by atoms with van der Waals surface area (Å²) in [6.07, 6.45) is 3.79. The van der Waals surface area contributed by atoms with Gasteiger partial charge in [-0.15, -0.1) is 0 Å². The number of piperidine rings is 1. The van der Waals surface area contributed by atoms with Crippen molar-refractivity contribution >= 4 is 39.1 Å². The molecule has 0 atom stereocenters. The van der Waals surface area contributed by atoms with Crippen molar-refractivity contribution in [2.45, 2.75) is 25.8 Å². The van der Waals surface area contributed by atoms with Crippen LogP contribution in [-0.2, 0) is 6.54 Å². The molecule has 0 saturated carbocycles. The first-order valence-electron chi connectivity index (χ1n) is 12.3. The number of benzene rings is 4. The summed E-state index contributed by atoms with van der Waals surface area (Å²) in [5.74, 6) is 0.979. The monoisotopic (exact) mass is 477 g/mol. The van der Waals surface area contributed by atoms with Crippen LogP contribution in [0.15, 0.2) is 91.5 Å². The van der Waals surface area contributed by atoms with E-state index in [1.54, 1.807) is 0 Å². The summed E-state index contributed by atoms with van der Waals surface area (Å²) >= 11 is 6.16. The Labute approximate surface area is 211 Å². The van der Waals surface area contributed by atoms with Crippen LogP contribution in [0.3, 0.4) is 0 Å². The number of hydrogen-bond donors (Lipinski definition) is 0. The van der Waals surface area contributed by atoms with Gasteiger partial charge in [0.2, 0.25) is 0 Å². The highest BCUT2D eigenvalue weighted by Gasteiger charge is 2.18. The van der Waals surface area contributed by atoms with Crippen LogP contribution in [0.2, 0.25) is 5.02 Å². The molecule has 1 aliphatic rings. The maximum Gasteiger partial charge on any atom is 0.142 e. The molecule has 35 heavy (non-hydrogen) atoms. The standard InChI is InChI=1S/C31H28ClN3/c1-22(34-18-5-2-6-19-34)25-14-17-30-29(20-25)33-31(35(30)21-23-12-15-26(32)16-13-23)28-11-7-9-24-8-3-4-10-27(24)28/h3-4,7-17,20H,1-2,5-6,18-19,21H2. The predicted octanol–water partition coefficient (Wildman–Crippen LogP) is 8.01. The summed E-state index contributed by atoms with van der Waals surface area (Å²) < 4.78 is 2.33. The van der Waals surface area contributed by atoms with Gasteiger partial charge < -0.3 is 9.47 Å². The third-order valence-corrected chi connectivity index (χ3v) is 7.36. The lowest BCUT2D eigenvalue weighted by Crippen LogP contribution is -2.27. The van der Waals surface area contributed by atoms with Crippen LogP contribution >= 0.6 is 11.6 Å². The molecule has 0 radical (unpaired) electrons. The van der Waals surface area contributed by atoms with Crippen LogP contribution in [0.1, 0.15) is 30.4 Å². The molecule has 1 aliphatic heterocycles. The van der Waals surface area contributed by atoms with Gasteiger partial charge in [-0.2, -0.15) is 0 Å². The van der Waals surface area contributed by atoms with Gasteiger partial charge in [0.1, 0.15) is 5.82 Å². The molecule has 1 fully saturated rings. The highest BCUT2D eigenvalue weighted by molar-refractivity contribution is 6.30. The molecular weight excluding hydrogens is 450 g/mol. The van der Waals surface area contributed by atoms with E-state index < -0.39 is 0 Å². The van der Waals surface area contributed by atoms with Crippen LogP contribution < -0.4 is 0 Å². The molecule has 0 spiro atoms. The zero-order valence-electron chi connectivity index (χ0n) is 19.8. The quantitative estimate of drug-likeness (QED) is 0.255. The van der Waals surface area contributed by atoms with Crippen molar-refractivity contribution in [3.8, 4) is 11.4 Å². The molecule has 4 aromatic carbocycles. The Morgan fingerprint density at radius 1 is 0.857 bits per heavy atom. The smallest absolute Gasteiger partial charge is 0.142 e. The van der Waals surface area contributed by atoms with E-state index in [4.69, 9.17) is 16.6 Å². The Morgan fingerprint density at radius 3 is 2.46 bits per heavy atom. The summed E-state index contributed by atoms with van der Waals surface area (Å²) in [6.45, 7) is 7.33. The Bertz CT molecular complexity index is 1520. The van der Waals surface area contributed by atoms with Crippen molar-refractivity contribution in [2.24, 2.45) is 0 Å². The second-order valence-corrected chi connectivity index (χ2v) is 9.81. The molecule has 3 nitrogen and oxygen atoms in total. The Morgan fingerprint density at radius 2 is 1.63 bits per heavy atom. The molecule has 5 aromatic rings. The third-order valence-electron chi connectivity index (χ3n) is 7.10. The summed E-state index contributed by atoms with van der Waals surface area (Å²) in [5, 5.41) is 3.18. The van der Waals surface area contributed by atoms with Crippen molar-refractivity contribution in [1.82, 2.24) is 14.5 Å². The first-order chi connectivity index (χ1) is 17.2. The molecule has 4 heteroatoms. The fourth-order valence-corrected chi connectivity index (χ4v) is 5.34. The summed E-state index contributed by atoms with van der Waals surface area (Å²) in [7, 11) is 0. The van der Waals surface area contributed by atoms with Crippen LogP contribution in [0.25, 0.3) is 38.9 Å². The molecule has 0 unspecified atom stereocenters. The second kappa shape index (κ2) is 9.24. The maximum absolute atomic E-state index is 6.16.